The molecular formula is C79H124N10O21S3. The van der Waals surface area contributed by atoms with E-state index >= 15 is 0 Å². The van der Waals surface area contributed by atoms with Crippen LogP contribution in [0.5, 0.6) is 11.5 Å². The first-order valence-corrected chi connectivity index (χ1v) is 43.4. The number of unbranched alkanes of at least 4 members (excludes halogenated alkanes) is 1. The van der Waals surface area contributed by atoms with Crippen LogP contribution in [0.3, 0.4) is 0 Å². The van der Waals surface area contributed by atoms with E-state index in [4.69, 9.17) is 33.4 Å². The molecule has 1 aromatic heterocycles. The zero-order valence-corrected chi connectivity index (χ0v) is 72.2. The molecule has 6 rings (SSSR count). The summed E-state index contributed by atoms with van der Waals surface area (Å²) in [7, 11) is -13.3. The number of ketones is 1. The van der Waals surface area contributed by atoms with Crippen molar-refractivity contribution in [3.63, 3.8) is 0 Å². The lowest BCUT2D eigenvalue weighted by atomic mass is 9.94. The van der Waals surface area contributed by atoms with Gasteiger partial charge in [0.2, 0.25) is 27.7 Å². The minimum atomic E-state index is -4.82. The molecule has 5 N–H and O–H groups in total. The predicted molar refractivity (Wildman–Crippen MR) is 426 cm³/mol. The number of carbonyl (C=O) groups excluding carboxylic acids is 8. The van der Waals surface area contributed by atoms with Crippen molar-refractivity contribution in [2.75, 3.05) is 115 Å². The molecule has 634 valence electrons. The Morgan fingerprint density at radius 3 is 1.58 bits per heavy atom. The van der Waals surface area contributed by atoms with E-state index in [2.05, 4.69) is 20.7 Å². The summed E-state index contributed by atoms with van der Waals surface area (Å²) in [5.74, 6) is -4.44. The third kappa shape index (κ3) is 31.3. The number of rotatable bonds is 34. The number of sulfonamides is 2. The summed E-state index contributed by atoms with van der Waals surface area (Å²) in [4.78, 5) is 119. The van der Waals surface area contributed by atoms with Gasteiger partial charge in [-0.05, 0) is 228 Å². The summed E-state index contributed by atoms with van der Waals surface area (Å²) in [5, 5.41) is 7.88. The summed E-state index contributed by atoms with van der Waals surface area (Å²) in [5.41, 5.74) is 1.22. The second kappa shape index (κ2) is 39.9. The third-order valence-electron chi connectivity index (χ3n) is 18.6. The van der Waals surface area contributed by atoms with E-state index in [9.17, 15) is 68.2 Å². The normalized spacial score (nSPS) is 16.5. The number of ether oxygens (including phenoxy) is 6. The number of aromatic nitrogens is 1. The Balaban J connectivity index is 0.989. The maximum Gasteiger partial charge on any atom is 0.326 e. The summed E-state index contributed by atoms with van der Waals surface area (Å²) in [6.07, 6.45) is 3.14. The SMILES string of the molecule is Cc1cc(OCCCC(=O)NCCCC(=O)[C@H](CS(=O)(=O)O)NC(=O)CN2CCN(CC(=O)OC(C)(C)C)CCN(CC(=O)OC(C)(C)C)CCN(CC(=O)OC(C)(C)C)CC2)cc(C)c1S(=O)(=O)N[C@@H](CNC(=O)CCCCc1ccc2c(n1)N(S(=O)(=O)c1c(C)c(C)c3c(c1C)CC(C)(C)O3)CCC2)C(=O)OC(C)(C)C. The molecular weight excluding hydrogens is 1520 g/mol. The molecule has 0 bridgehead atoms. The number of esters is 4. The van der Waals surface area contributed by atoms with Crippen molar-refractivity contribution in [2.24, 2.45) is 0 Å². The van der Waals surface area contributed by atoms with E-state index in [-0.39, 0.29) is 144 Å². The van der Waals surface area contributed by atoms with Crippen LogP contribution in [0.25, 0.3) is 0 Å². The molecule has 4 heterocycles. The van der Waals surface area contributed by atoms with E-state index in [1.54, 1.807) is 102 Å². The van der Waals surface area contributed by atoms with Crippen LogP contribution in [-0.2, 0) is 107 Å². The highest BCUT2D eigenvalue weighted by molar-refractivity contribution is 7.93. The highest BCUT2D eigenvalue weighted by atomic mass is 32.2. The molecule has 34 heteroatoms. The number of anilines is 1. The number of nitrogens with zero attached hydrogens (tertiary/aromatic N) is 6. The number of Topliss-reactive ketones (excluding diaryl/α,β-unsaturated/α-hetero) is 1. The third-order valence-corrected chi connectivity index (χ3v) is 23.2. The summed E-state index contributed by atoms with van der Waals surface area (Å²) < 4.78 is 131. The summed E-state index contributed by atoms with van der Waals surface area (Å²) in [6, 6.07) is 3.56. The van der Waals surface area contributed by atoms with Gasteiger partial charge in [0.15, 0.2) is 5.78 Å². The average Bonchev–Trinajstić information content (AvgIpc) is 1.68. The maximum absolute atomic E-state index is 14.7. The molecule has 0 saturated carbocycles. The highest BCUT2D eigenvalue weighted by Gasteiger charge is 2.41. The second-order valence-corrected chi connectivity index (χ2v) is 39.2. The van der Waals surface area contributed by atoms with Gasteiger partial charge in [-0.25, -0.2) is 26.1 Å². The van der Waals surface area contributed by atoms with Gasteiger partial charge in [0.1, 0.15) is 63.2 Å². The van der Waals surface area contributed by atoms with Gasteiger partial charge < -0.3 is 44.4 Å². The Hall–Kier alpha value is -7.44. The lowest BCUT2D eigenvalue weighted by Crippen LogP contribution is -2.52. The first kappa shape index (κ1) is 94.4. The number of hydrogen-bond donors (Lipinski definition) is 5. The Labute approximate surface area is 668 Å². The molecule has 0 spiro atoms. The van der Waals surface area contributed by atoms with Crippen molar-refractivity contribution in [1.82, 2.24) is 45.3 Å². The molecule has 2 atom stereocenters. The number of carbonyl (C=O) groups is 8. The fourth-order valence-corrected chi connectivity index (χ4v) is 17.9. The average molecular weight is 1650 g/mol. The van der Waals surface area contributed by atoms with Crippen LogP contribution in [0.2, 0.25) is 0 Å². The van der Waals surface area contributed by atoms with Crippen LogP contribution >= 0.6 is 0 Å². The highest BCUT2D eigenvalue weighted by Crippen LogP contribution is 2.45. The second-order valence-electron chi connectivity index (χ2n) is 34.2. The lowest BCUT2D eigenvalue weighted by Gasteiger charge is -2.34. The zero-order chi connectivity index (χ0) is 84.6. The Bertz CT molecular complexity index is 4190. The molecule has 3 aromatic rings. The summed E-state index contributed by atoms with van der Waals surface area (Å²) >= 11 is 0. The van der Waals surface area contributed by atoms with Crippen molar-refractivity contribution in [2.45, 2.75) is 252 Å². The van der Waals surface area contributed by atoms with Crippen LogP contribution in [-0.4, -0.2) is 252 Å². The molecule has 0 aliphatic carbocycles. The number of amides is 3. The van der Waals surface area contributed by atoms with E-state index in [0.717, 1.165) is 22.4 Å². The van der Waals surface area contributed by atoms with Crippen LogP contribution in [0, 0.1) is 34.6 Å². The molecule has 3 aliphatic rings. The monoisotopic (exact) mass is 1640 g/mol. The van der Waals surface area contributed by atoms with Gasteiger partial charge in [-0.2, -0.15) is 13.1 Å². The van der Waals surface area contributed by atoms with Gasteiger partial charge in [-0.15, -0.1) is 0 Å². The van der Waals surface area contributed by atoms with Gasteiger partial charge in [0.05, 0.1) is 42.6 Å². The molecule has 0 radical (unpaired) electrons. The smallest absolute Gasteiger partial charge is 0.326 e. The molecule has 1 saturated heterocycles. The van der Waals surface area contributed by atoms with Gasteiger partial charge in [0, 0.05) is 109 Å². The van der Waals surface area contributed by atoms with Gasteiger partial charge in [0.25, 0.3) is 20.1 Å². The van der Waals surface area contributed by atoms with Gasteiger partial charge >= 0.3 is 23.9 Å². The first-order chi connectivity index (χ1) is 52.2. The fourth-order valence-electron chi connectivity index (χ4n) is 13.6. The molecule has 31 nitrogen and oxygen atoms in total. The van der Waals surface area contributed by atoms with Crippen LogP contribution in [0.1, 0.15) is 193 Å². The predicted octanol–water partition coefficient (Wildman–Crippen LogP) is 6.24. The van der Waals surface area contributed by atoms with Crippen LogP contribution in [0.4, 0.5) is 5.82 Å². The Morgan fingerprint density at radius 1 is 0.575 bits per heavy atom. The number of pyridine rings is 1. The maximum atomic E-state index is 14.7. The Morgan fingerprint density at radius 2 is 1.07 bits per heavy atom. The van der Waals surface area contributed by atoms with Gasteiger partial charge in [-0.1, -0.05) is 6.07 Å². The van der Waals surface area contributed by atoms with Crippen molar-refractivity contribution >= 4 is 83.4 Å². The van der Waals surface area contributed by atoms with Crippen LogP contribution in [0.15, 0.2) is 34.1 Å². The summed E-state index contributed by atoms with van der Waals surface area (Å²) in [6.45, 7) is 34.2. The number of aryl methyl sites for hydroxylation is 4. The van der Waals surface area contributed by atoms with Crippen molar-refractivity contribution < 1.29 is 96.6 Å². The zero-order valence-electron chi connectivity index (χ0n) is 69.8. The van der Waals surface area contributed by atoms with E-state index in [1.807, 2.05) is 61.5 Å². The standard InChI is InChI=1S/C79H124N10O21S3/c1-52-43-59(44-53(2)71(52)112(101,102)84-61(74(97)110-78(15,16)17)46-81-65(92)28-21-20-26-58-31-30-57-25-23-33-89(73(57)82-58)113(103,104)72-55(4)54(3)70-60(56(72)5)45-79(18,19)109-70)105-42-24-29-64(91)80-32-22-27-63(90)62(51-111(98,99)100)83-66(93)47-85-34-36-86(48-67(94)106-75(6,7)8)38-40-88(50-69(96)108-77(12,13)14)41-39-87(37-35-85)49-68(95)107-76(9,10)11/h30-31,43-44,61-62,84H,20-29,32-42,45-51H2,1-19H3,(H,80,91)(H,81,92)(H,83,93)(H,98,99,100)/t61-,62-/m0/s1. The number of hydrogen-bond acceptors (Lipinski definition) is 25. The van der Waals surface area contributed by atoms with E-state index in [1.165, 1.54) is 16.4 Å². The first-order valence-electron chi connectivity index (χ1n) is 38.8. The molecule has 3 aliphatic heterocycles. The van der Waals surface area contributed by atoms with Crippen molar-refractivity contribution in [3.05, 3.63) is 68.9 Å². The fraction of sp³-hybridized carbons (Fsp3) is 0.684. The number of fused-ring (bicyclic) bond motifs is 2. The van der Waals surface area contributed by atoms with E-state index in [0.29, 0.717) is 74.3 Å². The van der Waals surface area contributed by atoms with Crippen molar-refractivity contribution in [1.29, 1.82) is 0 Å². The quantitative estimate of drug-likeness (QED) is 0.0191. The molecule has 2 aromatic carbocycles. The van der Waals surface area contributed by atoms with Gasteiger partial charge in [-0.3, -0.25) is 62.5 Å². The number of nitrogens with one attached hydrogen (secondary N) is 4. The van der Waals surface area contributed by atoms with Crippen molar-refractivity contribution in [3.8, 4) is 11.5 Å². The molecule has 3 amide bonds. The molecule has 113 heavy (non-hydrogen) atoms. The lowest BCUT2D eigenvalue weighted by molar-refractivity contribution is -0.158. The topological polar surface area (TPSA) is 392 Å². The largest absolute Gasteiger partial charge is 0.494 e. The van der Waals surface area contributed by atoms with E-state index < -0.39 is 130 Å². The Kier molecular flexibility index (Phi) is 33.4. The molecule has 0 unspecified atom stereocenters. The van der Waals surface area contributed by atoms with Crippen LogP contribution < -0.4 is 34.5 Å². The minimum absolute atomic E-state index is 0.0188. The molecule has 1 fully saturated rings. The number of benzene rings is 2. The minimum Gasteiger partial charge on any atom is -0.494 e.